The van der Waals surface area contributed by atoms with Crippen LogP contribution in [0.3, 0.4) is 0 Å². The van der Waals surface area contributed by atoms with Crippen molar-refractivity contribution in [2.75, 3.05) is 4.90 Å². The van der Waals surface area contributed by atoms with E-state index in [0.717, 1.165) is 108 Å². The van der Waals surface area contributed by atoms with Gasteiger partial charge < -0.3 is 4.90 Å². The number of thiophene rings is 2. The normalized spacial score (nSPS) is 13.3. The van der Waals surface area contributed by atoms with E-state index in [1.807, 2.05) is 28.7 Å². The van der Waals surface area contributed by atoms with E-state index in [1.165, 1.54) is 120 Å². The van der Waals surface area contributed by atoms with Crippen molar-refractivity contribution in [3.05, 3.63) is 166 Å². The quantitative estimate of drug-likeness (QED) is 0.0464. The molecule has 0 saturated carbocycles. The zero-order chi connectivity index (χ0) is 53.8. The SMILES string of the molecule is CCCCCCCCc1ccc(-c2ccc(-c3ccc(N(c4ccc(/C=C/C5=CC(=C(C#N)C#N)CC(C)(C)C5)cc4)c4ccc(-c5ccc(-c6ccc(CCCCCCCC)s6)c6nsnc56)cc4)cc3)c3nsnc23)s1. The first kappa shape index (κ1) is 54.5. The van der Waals surface area contributed by atoms with Gasteiger partial charge in [-0.25, -0.2) is 0 Å². The summed E-state index contributed by atoms with van der Waals surface area (Å²) in [5.74, 6) is 0. The maximum Gasteiger partial charge on any atom is 0.132 e. The van der Waals surface area contributed by atoms with Crippen LogP contribution in [0.4, 0.5) is 17.1 Å². The molecule has 0 bridgehead atoms. The second kappa shape index (κ2) is 25.7. The molecule has 0 atom stereocenters. The predicted molar refractivity (Wildman–Crippen MR) is 333 cm³/mol. The number of aromatic nitrogens is 4. The van der Waals surface area contributed by atoms with Crippen LogP contribution in [0.5, 0.6) is 0 Å². The number of nitriles is 2. The van der Waals surface area contributed by atoms with Crippen molar-refractivity contribution in [3.8, 4) is 55.3 Å². The van der Waals surface area contributed by atoms with Crippen molar-refractivity contribution in [1.29, 1.82) is 10.5 Å². The van der Waals surface area contributed by atoms with Gasteiger partial charge in [-0.1, -0.05) is 171 Å². The van der Waals surface area contributed by atoms with Gasteiger partial charge in [0.2, 0.25) is 0 Å². The van der Waals surface area contributed by atoms with Crippen LogP contribution in [-0.2, 0) is 12.8 Å². The molecule has 0 N–H and O–H groups in total. The third-order valence-electron chi connectivity index (χ3n) is 15.0. The van der Waals surface area contributed by atoms with Gasteiger partial charge in [-0.05, 0) is 132 Å². The molecule has 1 aliphatic rings. The topological polar surface area (TPSA) is 102 Å². The highest BCUT2D eigenvalue weighted by Gasteiger charge is 2.27. The van der Waals surface area contributed by atoms with Crippen LogP contribution in [0.25, 0.3) is 71.3 Å². The Bertz CT molecular complexity index is 3470. The average molecular weight is 1100 g/mol. The number of aryl methyl sites for hydroxylation is 2. The number of benzene rings is 5. The third-order valence-corrected chi connectivity index (χ3v) is 18.4. The Kier molecular flexibility index (Phi) is 18.0. The van der Waals surface area contributed by atoms with Crippen molar-refractivity contribution in [2.24, 2.45) is 5.41 Å². The first-order valence-electron chi connectivity index (χ1n) is 27.9. The zero-order valence-corrected chi connectivity index (χ0v) is 48.6. The van der Waals surface area contributed by atoms with Crippen LogP contribution in [0.15, 0.2) is 150 Å². The molecule has 78 heavy (non-hydrogen) atoms. The van der Waals surface area contributed by atoms with E-state index in [9.17, 15) is 10.5 Å². The molecule has 4 aromatic heterocycles. The molecule has 0 unspecified atom stereocenters. The van der Waals surface area contributed by atoms with E-state index in [1.54, 1.807) is 0 Å². The first-order chi connectivity index (χ1) is 38.2. The highest BCUT2D eigenvalue weighted by Crippen LogP contribution is 2.44. The summed E-state index contributed by atoms with van der Waals surface area (Å²) in [4.78, 5) is 7.68. The number of hydrogen-bond donors (Lipinski definition) is 0. The van der Waals surface area contributed by atoms with Crippen molar-refractivity contribution in [1.82, 2.24) is 17.5 Å². The van der Waals surface area contributed by atoms with E-state index < -0.39 is 0 Å². The summed E-state index contributed by atoms with van der Waals surface area (Å²) in [5.41, 5.74) is 16.6. The first-order valence-corrected chi connectivity index (χ1v) is 31.0. The van der Waals surface area contributed by atoms with Crippen LogP contribution in [0, 0.1) is 28.1 Å². The molecular formula is C67H67N7S4. The molecule has 9 aromatic rings. The van der Waals surface area contributed by atoms with Crippen molar-refractivity contribution >= 4 is 91.3 Å². The molecule has 0 saturated heterocycles. The Morgan fingerprint density at radius 1 is 0.500 bits per heavy atom. The number of hydrogen-bond acceptors (Lipinski definition) is 11. The van der Waals surface area contributed by atoms with Gasteiger partial charge in [-0.3, -0.25) is 0 Å². The molecular weight excluding hydrogens is 1030 g/mol. The molecule has 0 spiro atoms. The number of allylic oxidation sites excluding steroid dienone is 5. The van der Waals surface area contributed by atoms with Gasteiger partial charge in [0.25, 0.3) is 0 Å². The summed E-state index contributed by atoms with van der Waals surface area (Å²) in [6.07, 6.45) is 25.8. The molecule has 0 fully saturated rings. The largest absolute Gasteiger partial charge is 0.311 e. The fourth-order valence-corrected chi connectivity index (χ4v) is 14.2. The van der Waals surface area contributed by atoms with E-state index in [-0.39, 0.29) is 11.0 Å². The maximum atomic E-state index is 9.65. The van der Waals surface area contributed by atoms with Crippen LogP contribution in [0.1, 0.15) is 133 Å². The summed E-state index contributed by atoms with van der Waals surface area (Å²) in [7, 11) is 0. The van der Waals surface area contributed by atoms with Crippen LogP contribution in [-0.4, -0.2) is 17.5 Å². The van der Waals surface area contributed by atoms with E-state index in [2.05, 4.69) is 178 Å². The maximum absolute atomic E-state index is 9.65. The summed E-state index contributed by atoms with van der Waals surface area (Å²) >= 11 is 6.34. The Morgan fingerprint density at radius 2 is 0.923 bits per heavy atom. The van der Waals surface area contributed by atoms with E-state index >= 15 is 0 Å². The minimum Gasteiger partial charge on any atom is -0.311 e. The number of fused-ring (bicyclic) bond motifs is 2. The average Bonchev–Trinajstić information content (AvgIpc) is 4.38. The molecule has 394 valence electrons. The molecule has 5 aromatic carbocycles. The van der Waals surface area contributed by atoms with Crippen molar-refractivity contribution < 1.29 is 0 Å². The van der Waals surface area contributed by atoms with Gasteiger partial charge in [0.1, 0.15) is 39.8 Å². The minimum atomic E-state index is -0.0560. The number of nitrogens with zero attached hydrogens (tertiary/aromatic N) is 7. The van der Waals surface area contributed by atoms with Gasteiger partial charge in [0, 0.05) is 58.8 Å². The molecule has 7 nitrogen and oxygen atoms in total. The minimum absolute atomic E-state index is 0.0560. The summed E-state index contributed by atoms with van der Waals surface area (Å²) in [5, 5.41) is 19.3. The number of rotatable bonds is 23. The lowest BCUT2D eigenvalue weighted by Crippen LogP contribution is -2.17. The van der Waals surface area contributed by atoms with Gasteiger partial charge in [0.15, 0.2) is 0 Å². The van der Waals surface area contributed by atoms with Crippen molar-refractivity contribution in [2.45, 2.75) is 130 Å². The molecule has 4 heterocycles. The Labute approximate surface area is 477 Å². The standard InChI is InChI=1S/C67H67N7S4/c1-5-7-9-11-13-15-17-55-33-39-61(75-55)59-37-35-57(63-65(59)72-77-70-63)48-23-29-53(30-24-48)74(52-27-21-46(22-28-52)19-20-47-41-50(51(44-68)45-69)43-67(3,4)42-47)54-31-25-49(26-32-54)58-36-38-60(66-64(58)71-78-73-66)62-40-34-56(76-62)18-16-14-12-10-8-6-2/h19-41H,5-18,42-43H2,1-4H3/b20-19+. The zero-order valence-electron chi connectivity index (χ0n) is 45.4. The van der Waals surface area contributed by atoms with Gasteiger partial charge in [-0.2, -0.15) is 28.0 Å². The molecule has 0 amide bonds. The molecule has 0 radical (unpaired) electrons. The van der Waals surface area contributed by atoms with E-state index in [0.29, 0.717) is 6.42 Å². The highest BCUT2D eigenvalue weighted by atomic mass is 32.1. The molecule has 1 aliphatic carbocycles. The highest BCUT2D eigenvalue weighted by molar-refractivity contribution is 7.16. The second-order valence-corrected chi connectivity index (χ2v) is 24.9. The van der Waals surface area contributed by atoms with Gasteiger partial charge >= 0.3 is 0 Å². The second-order valence-electron chi connectivity index (χ2n) is 21.5. The lowest BCUT2D eigenvalue weighted by molar-refractivity contribution is 0.354. The third kappa shape index (κ3) is 12.8. The fourth-order valence-electron chi connectivity index (χ4n) is 10.9. The number of unbranched alkanes of at least 4 members (excludes halogenated alkanes) is 10. The Hall–Kier alpha value is -6.86. The van der Waals surface area contributed by atoms with Crippen LogP contribution < -0.4 is 4.90 Å². The monoisotopic (exact) mass is 1100 g/mol. The fraction of sp³-hybridized carbons (Fsp3) is 0.313. The summed E-state index contributed by atoms with van der Waals surface area (Å²) in [6, 6.07) is 48.5. The summed E-state index contributed by atoms with van der Waals surface area (Å²) in [6.45, 7) is 8.93. The van der Waals surface area contributed by atoms with Crippen LogP contribution in [0.2, 0.25) is 0 Å². The van der Waals surface area contributed by atoms with E-state index in [4.69, 9.17) is 17.5 Å². The van der Waals surface area contributed by atoms with Crippen LogP contribution >= 0.6 is 46.1 Å². The molecule has 10 rings (SSSR count). The molecule has 0 aliphatic heterocycles. The summed E-state index contributed by atoms with van der Waals surface area (Å²) < 4.78 is 19.5. The lowest BCUT2D eigenvalue weighted by Gasteiger charge is -2.30. The predicted octanol–water partition coefficient (Wildman–Crippen LogP) is 20.9. The Balaban J connectivity index is 0.927. The lowest BCUT2D eigenvalue weighted by atomic mass is 9.74. The Morgan fingerprint density at radius 3 is 1.38 bits per heavy atom. The molecule has 11 heteroatoms. The number of anilines is 3. The van der Waals surface area contributed by atoms with Gasteiger partial charge in [0.05, 0.1) is 23.5 Å². The smallest absolute Gasteiger partial charge is 0.132 e. The van der Waals surface area contributed by atoms with Gasteiger partial charge in [-0.15, -0.1) is 22.7 Å². The van der Waals surface area contributed by atoms with Crippen molar-refractivity contribution in [3.63, 3.8) is 0 Å².